The van der Waals surface area contributed by atoms with Gasteiger partial charge in [0.25, 0.3) is 0 Å². The summed E-state index contributed by atoms with van der Waals surface area (Å²) >= 11 is 0. The Bertz CT molecular complexity index is 497. The molecule has 3 N–H and O–H groups in total. The fourth-order valence-electron chi connectivity index (χ4n) is 2.04. The molecule has 0 aliphatic heterocycles. The van der Waals surface area contributed by atoms with Crippen molar-refractivity contribution in [2.75, 3.05) is 11.9 Å². The molecular formula is C15H21FN2O3. The van der Waals surface area contributed by atoms with Gasteiger partial charge in [0, 0.05) is 12.2 Å². The Morgan fingerprint density at radius 3 is 2.48 bits per heavy atom. The average molecular weight is 296 g/mol. The number of amides is 2. The van der Waals surface area contributed by atoms with E-state index in [1.165, 1.54) is 12.1 Å². The van der Waals surface area contributed by atoms with Crippen molar-refractivity contribution < 1.29 is 19.1 Å². The second kappa shape index (κ2) is 7.61. The smallest absolute Gasteiger partial charge is 0.319 e. The summed E-state index contributed by atoms with van der Waals surface area (Å²) in [6.45, 7) is 5.60. The topological polar surface area (TPSA) is 78.4 Å². The van der Waals surface area contributed by atoms with Crippen LogP contribution in [-0.4, -0.2) is 23.7 Å². The normalized spacial score (nSPS) is 12.0. The van der Waals surface area contributed by atoms with Crippen molar-refractivity contribution in [1.82, 2.24) is 5.32 Å². The number of halogens is 1. The van der Waals surface area contributed by atoms with E-state index in [9.17, 15) is 14.0 Å². The number of carbonyl (C=O) groups excluding carboxylic acids is 1. The lowest BCUT2D eigenvalue weighted by Crippen LogP contribution is -2.36. The molecule has 0 fully saturated rings. The van der Waals surface area contributed by atoms with Crippen molar-refractivity contribution >= 4 is 17.7 Å². The third kappa shape index (κ3) is 6.25. The van der Waals surface area contributed by atoms with Gasteiger partial charge in [-0.05, 0) is 43.0 Å². The van der Waals surface area contributed by atoms with Gasteiger partial charge in [-0.2, -0.15) is 0 Å². The molecule has 116 valence electrons. The molecule has 1 atom stereocenters. The van der Waals surface area contributed by atoms with Crippen LogP contribution < -0.4 is 10.6 Å². The summed E-state index contributed by atoms with van der Waals surface area (Å²) in [5.74, 6) is -1.79. The minimum Gasteiger partial charge on any atom is -0.481 e. The highest BCUT2D eigenvalue weighted by molar-refractivity contribution is 5.89. The third-order valence-electron chi connectivity index (χ3n) is 2.91. The second-order valence-electron chi connectivity index (χ2n) is 5.52. The summed E-state index contributed by atoms with van der Waals surface area (Å²) in [5, 5.41) is 14.1. The first kappa shape index (κ1) is 16.9. The summed E-state index contributed by atoms with van der Waals surface area (Å²) in [6, 6.07) is 3.64. The predicted octanol–water partition coefficient (Wildman–Crippen LogP) is 3.00. The van der Waals surface area contributed by atoms with Gasteiger partial charge >= 0.3 is 12.0 Å². The van der Waals surface area contributed by atoms with E-state index in [-0.39, 0.29) is 12.5 Å². The van der Waals surface area contributed by atoms with Gasteiger partial charge < -0.3 is 15.7 Å². The Labute approximate surface area is 123 Å². The third-order valence-corrected chi connectivity index (χ3v) is 2.91. The lowest BCUT2D eigenvalue weighted by atomic mass is 9.97. The molecule has 0 bridgehead atoms. The van der Waals surface area contributed by atoms with E-state index in [2.05, 4.69) is 10.6 Å². The number of hydrogen-bond acceptors (Lipinski definition) is 2. The van der Waals surface area contributed by atoms with Gasteiger partial charge in [-0.15, -0.1) is 0 Å². The molecule has 0 aromatic heterocycles. The molecular weight excluding hydrogens is 275 g/mol. The molecule has 1 aromatic rings. The average Bonchev–Trinajstić information content (AvgIpc) is 2.32. The van der Waals surface area contributed by atoms with E-state index >= 15 is 0 Å². The van der Waals surface area contributed by atoms with Crippen LogP contribution >= 0.6 is 0 Å². The maximum atomic E-state index is 13.2. The van der Waals surface area contributed by atoms with Crippen molar-refractivity contribution in [3.8, 4) is 0 Å². The number of nitrogens with one attached hydrogen (secondary N) is 2. The quantitative estimate of drug-likeness (QED) is 0.755. The molecule has 21 heavy (non-hydrogen) atoms. The number of aryl methyl sites for hydroxylation is 1. The standard InChI is InChI=1S/C15H21FN2O3/c1-9(2)4-11(14(19)20)8-17-15(21)18-13-6-10(3)5-12(16)7-13/h5-7,9,11H,4,8H2,1-3H3,(H,19,20)(H2,17,18,21). The summed E-state index contributed by atoms with van der Waals surface area (Å²) in [6.07, 6.45) is 0.481. The number of rotatable bonds is 6. The van der Waals surface area contributed by atoms with Crippen molar-refractivity contribution in [1.29, 1.82) is 0 Å². The molecule has 0 aliphatic carbocycles. The summed E-state index contributed by atoms with van der Waals surface area (Å²) < 4.78 is 13.2. The molecule has 0 saturated heterocycles. The van der Waals surface area contributed by atoms with Crippen LogP contribution in [0.4, 0.5) is 14.9 Å². The fraction of sp³-hybridized carbons (Fsp3) is 0.467. The van der Waals surface area contributed by atoms with E-state index in [0.29, 0.717) is 17.7 Å². The number of carbonyl (C=O) groups is 2. The Morgan fingerprint density at radius 2 is 1.95 bits per heavy atom. The highest BCUT2D eigenvalue weighted by atomic mass is 19.1. The molecule has 5 nitrogen and oxygen atoms in total. The number of urea groups is 1. The minimum absolute atomic E-state index is 0.0354. The van der Waals surface area contributed by atoms with E-state index < -0.39 is 23.7 Å². The molecule has 1 unspecified atom stereocenters. The Kier molecular flexibility index (Phi) is 6.14. The van der Waals surface area contributed by atoms with Gasteiger partial charge in [-0.25, -0.2) is 9.18 Å². The van der Waals surface area contributed by atoms with Crippen molar-refractivity contribution in [3.05, 3.63) is 29.6 Å². The maximum absolute atomic E-state index is 13.2. The van der Waals surface area contributed by atoms with E-state index in [1.54, 1.807) is 13.0 Å². The minimum atomic E-state index is -0.939. The summed E-state index contributed by atoms with van der Waals surface area (Å²) in [5.41, 5.74) is 1.02. The maximum Gasteiger partial charge on any atom is 0.319 e. The molecule has 0 aliphatic rings. The predicted molar refractivity (Wildman–Crippen MR) is 78.7 cm³/mol. The zero-order chi connectivity index (χ0) is 16.0. The van der Waals surface area contributed by atoms with Crippen molar-refractivity contribution in [2.45, 2.75) is 27.2 Å². The molecule has 0 saturated carbocycles. The number of carboxylic acid groups (broad SMARTS) is 1. The molecule has 0 spiro atoms. The highest BCUT2D eigenvalue weighted by Crippen LogP contribution is 2.14. The lowest BCUT2D eigenvalue weighted by Gasteiger charge is -2.15. The zero-order valence-electron chi connectivity index (χ0n) is 12.4. The number of benzene rings is 1. The van der Waals surface area contributed by atoms with Crippen LogP contribution in [0, 0.1) is 24.6 Å². The molecule has 6 heteroatoms. The van der Waals surface area contributed by atoms with Crippen molar-refractivity contribution in [3.63, 3.8) is 0 Å². The summed E-state index contributed by atoms with van der Waals surface area (Å²) in [7, 11) is 0. The number of aliphatic carboxylic acids is 1. The molecule has 2 amide bonds. The van der Waals surface area contributed by atoms with E-state index in [0.717, 1.165) is 0 Å². The Morgan fingerprint density at radius 1 is 1.29 bits per heavy atom. The van der Waals surface area contributed by atoms with Crippen molar-refractivity contribution in [2.24, 2.45) is 11.8 Å². The van der Waals surface area contributed by atoms with Crippen LogP contribution in [0.15, 0.2) is 18.2 Å². The first-order valence-electron chi connectivity index (χ1n) is 6.82. The van der Waals surface area contributed by atoms with Gasteiger partial charge in [0.1, 0.15) is 5.82 Å². The summed E-state index contributed by atoms with van der Waals surface area (Å²) in [4.78, 5) is 22.8. The van der Waals surface area contributed by atoms with E-state index in [1.807, 2.05) is 13.8 Å². The first-order chi connectivity index (χ1) is 9.77. The SMILES string of the molecule is Cc1cc(F)cc(NC(=O)NCC(CC(C)C)C(=O)O)c1. The Hall–Kier alpha value is -2.11. The first-order valence-corrected chi connectivity index (χ1v) is 6.82. The monoisotopic (exact) mass is 296 g/mol. The molecule has 0 heterocycles. The fourth-order valence-corrected chi connectivity index (χ4v) is 2.04. The highest BCUT2D eigenvalue weighted by Gasteiger charge is 2.19. The second-order valence-corrected chi connectivity index (χ2v) is 5.52. The number of anilines is 1. The van der Waals surface area contributed by atoms with Crippen LogP contribution in [0.25, 0.3) is 0 Å². The van der Waals surface area contributed by atoms with Gasteiger partial charge in [0.2, 0.25) is 0 Å². The number of hydrogen-bond donors (Lipinski definition) is 3. The molecule has 1 rings (SSSR count). The van der Waals surface area contributed by atoms with Crippen LogP contribution in [0.1, 0.15) is 25.8 Å². The van der Waals surface area contributed by atoms with E-state index in [4.69, 9.17) is 5.11 Å². The largest absolute Gasteiger partial charge is 0.481 e. The van der Waals surface area contributed by atoms with Gasteiger partial charge in [0.15, 0.2) is 0 Å². The van der Waals surface area contributed by atoms with Crippen LogP contribution in [0.5, 0.6) is 0 Å². The van der Waals surface area contributed by atoms with Gasteiger partial charge in [-0.1, -0.05) is 13.8 Å². The van der Waals surface area contributed by atoms with Crippen LogP contribution in [0.3, 0.4) is 0 Å². The van der Waals surface area contributed by atoms with Gasteiger partial charge in [0.05, 0.1) is 5.92 Å². The molecule has 1 aromatic carbocycles. The Balaban J connectivity index is 2.54. The van der Waals surface area contributed by atoms with Crippen LogP contribution in [0.2, 0.25) is 0 Å². The van der Waals surface area contributed by atoms with Crippen LogP contribution in [-0.2, 0) is 4.79 Å². The van der Waals surface area contributed by atoms with Gasteiger partial charge in [-0.3, -0.25) is 4.79 Å². The molecule has 0 radical (unpaired) electrons. The zero-order valence-corrected chi connectivity index (χ0v) is 12.4. The number of carboxylic acids is 1. The lowest BCUT2D eigenvalue weighted by molar-refractivity contribution is -0.142.